The molecule has 98 valence electrons. The van der Waals surface area contributed by atoms with E-state index in [2.05, 4.69) is 31.0 Å². The molecule has 3 nitrogen and oxygen atoms in total. The van der Waals surface area contributed by atoms with Crippen LogP contribution in [-0.2, 0) is 0 Å². The molecule has 0 aromatic heterocycles. The largest absolute Gasteiger partial charge is 0.508 e. The van der Waals surface area contributed by atoms with Crippen LogP contribution < -0.4 is 9.64 Å². The maximum absolute atomic E-state index is 9.49. The Labute approximate surface area is 113 Å². The molecule has 1 N–H and O–H groups in total. The van der Waals surface area contributed by atoms with E-state index in [1.807, 2.05) is 18.2 Å². The average Bonchev–Trinajstić information content (AvgIpc) is 2.81. The first-order valence-corrected chi connectivity index (χ1v) is 6.41. The maximum atomic E-state index is 9.49. The molecule has 3 heteroatoms. The van der Waals surface area contributed by atoms with Crippen molar-refractivity contribution in [2.75, 3.05) is 18.6 Å². The smallest absolute Gasteiger partial charge is 0.128 e. The minimum absolute atomic E-state index is 0.191. The van der Waals surface area contributed by atoms with Crippen molar-refractivity contribution >= 4 is 5.69 Å². The number of hydrogen-bond donors (Lipinski definition) is 1. The van der Waals surface area contributed by atoms with Crippen molar-refractivity contribution in [1.29, 1.82) is 0 Å². The van der Waals surface area contributed by atoms with E-state index in [1.165, 1.54) is 11.3 Å². The van der Waals surface area contributed by atoms with Crippen molar-refractivity contribution < 1.29 is 9.84 Å². The number of aromatic hydroxyl groups is 1. The number of benzene rings is 2. The van der Waals surface area contributed by atoms with Crippen LogP contribution in [0.2, 0.25) is 0 Å². The second kappa shape index (κ2) is 4.50. The Balaban J connectivity index is 1.96. The lowest BCUT2D eigenvalue weighted by molar-refractivity contribution is 0.328. The normalized spacial score (nSPS) is 16.8. The average molecular weight is 255 g/mol. The van der Waals surface area contributed by atoms with E-state index in [-0.39, 0.29) is 11.8 Å². The zero-order valence-corrected chi connectivity index (χ0v) is 11.1. The summed E-state index contributed by atoms with van der Waals surface area (Å²) in [4.78, 5) is 2.23. The molecule has 0 spiro atoms. The lowest BCUT2D eigenvalue weighted by Gasteiger charge is -2.27. The first-order valence-electron chi connectivity index (χ1n) is 6.41. The molecule has 19 heavy (non-hydrogen) atoms. The predicted molar refractivity (Wildman–Crippen MR) is 75.9 cm³/mol. The van der Waals surface area contributed by atoms with Crippen LogP contribution in [0.5, 0.6) is 11.5 Å². The number of phenols is 1. The van der Waals surface area contributed by atoms with Gasteiger partial charge in [-0.3, -0.25) is 0 Å². The van der Waals surface area contributed by atoms with Gasteiger partial charge < -0.3 is 14.7 Å². The molecule has 1 atom stereocenters. The van der Waals surface area contributed by atoms with Gasteiger partial charge in [0.25, 0.3) is 0 Å². The minimum atomic E-state index is 0.191. The molecule has 1 heterocycles. The number of ether oxygens (including phenoxy) is 1. The summed E-state index contributed by atoms with van der Waals surface area (Å²) in [5.41, 5.74) is 3.58. The summed E-state index contributed by atoms with van der Waals surface area (Å²) in [5.74, 6) is 1.03. The van der Waals surface area contributed by atoms with Crippen LogP contribution in [0.3, 0.4) is 0 Å². The van der Waals surface area contributed by atoms with Gasteiger partial charge in [0, 0.05) is 24.4 Å². The second-order valence-corrected chi connectivity index (χ2v) is 4.95. The molecule has 2 aromatic rings. The van der Waals surface area contributed by atoms with E-state index in [0.717, 1.165) is 11.3 Å². The second-order valence-electron chi connectivity index (χ2n) is 4.95. The molecule has 0 fully saturated rings. The highest BCUT2D eigenvalue weighted by atomic mass is 16.5. The molecule has 0 bridgehead atoms. The van der Waals surface area contributed by atoms with Gasteiger partial charge in [0.05, 0.1) is 6.04 Å². The van der Waals surface area contributed by atoms with Gasteiger partial charge in [-0.25, -0.2) is 0 Å². The SMILES string of the molecule is Cc1ccccc1N(C)C1COc2cc(O)ccc21. The van der Waals surface area contributed by atoms with Crippen molar-refractivity contribution in [3.8, 4) is 11.5 Å². The summed E-state index contributed by atoms with van der Waals surface area (Å²) in [6.07, 6.45) is 0. The van der Waals surface area contributed by atoms with Crippen molar-refractivity contribution in [2.45, 2.75) is 13.0 Å². The third kappa shape index (κ3) is 2.01. The van der Waals surface area contributed by atoms with Gasteiger partial charge in [0.2, 0.25) is 0 Å². The summed E-state index contributed by atoms with van der Waals surface area (Å²) < 4.78 is 5.67. The summed E-state index contributed by atoms with van der Waals surface area (Å²) in [7, 11) is 2.08. The molecule has 0 saturated heterocycles. The summed E-state index contributed by atoms with van der Waals surface area (Å²) in [5, 5.41) is 9.49. The van der Waals surface area contributed by atoms with Crippen molar-refractivity contribution in [2.24, 2.45) is 0 Å². The number of nitrogens with zero attached hydrogens (tertiary/aromatic N) is 1. The predicted octanol–water partition coefficient (Wildman–Crippen LogP) is 3.27. The van der Waals surface area contributed by atoms with Gasteiger partial charge in [0.15, 0.2) is 0 Å². The highest BCUT2D eigenvalue weighted by molar-refractivity contribution is 5.57. The van der Waals surface area contributed by atoms with Crippen LogP contribution in [0.1, 0.15) is 17.2 Å². The van der Waals surface area contributed by atoms with Gasteiger partial charge in [-0.05, 0) is 30.7 Å². The van der Waals surface area contributed by atoms with Crippen molar-refractivity contribution in [1.82, 2.24) is 0 Å². The fourth-order valence-corrected chi connectivity index (χ4v) is 2.63. The fraction of sp³-hybridized carbons (Fsp3) is 0.250. The first kappa shape index (κ1) is 11.9. The van der Waals surface area contributed by atoms with Crippen molar-refractivity contribution in [3.63, 3.8) is 0 Å². The number of aryl methyl sites for hydroxylation is 1. The van der Waals surface area contributed by atoms with Crippen LogP contribution in [0.25, 0.3) is 0 Å². The molecule has 3 rings (SSSR count). The van der Waals surface area contributed by atoms with E-state index in [9.17, 15) is 5.11 Å². The number of phenolic OH excluding ortho intramolecular Hbond substituents is 1. The van der Waals surface area contributed by atoms with Crippen LogP contribution in [0.4, 0.5) is 5.69 Å². The molecule has 0 radical (unpaired) electrons. The maximum Gasteiger partial charge on any atom is 0.128 e. The molecule has 1 aliphatic heterocycles. The Kier molecular flexibility index (Phi) is 2.82. The van der Waals surface area contributed by atoms with Gasteiger partial charge in [-0.2, -0.15) is 0 Å². The number of likely N-dealkylation sites (N-methyl/N-ethyl adjacent to an activating group) is 1. The molecule has 0 amide bonds. The number of hydrogen-bond acceptors (Lipinski definition) is 3. The summed E-state index contributed by atoms with van der Waals surface area (Å²) in [6.45, 7) is 2.73. The Bertz CT molecular complexity index is 609. The molecular weight excluding hydrogens is 238 g/mol. The number of rotatable bonds is 2. The van der Waals surface area contributed by atoms with E-state index in [0.29, 0.717) is 6.61 Å². The molecule has 1 unspecified atom stereocenters. The zero-order valence-electron chi connectivity index (χ0n) is 11.1. The van der Waals surface area contributed by atoms with Crippen LogP contribution in [-0.4, -0.2) is 18.8 Å². The first-order chi connectivity index (χ1) is 9.16. The third-order valence-corrected chi connectivity index (χ3v) is 3.72. The zero-order chi connectivity index (χ0) is 13.4. The highest BCUT2D eigenvalue weighted by Crippen LogP contribution is 2.39. The Hall–Kier alpha value is -2.16. The van der Waals surface area contributed by atoms with Gasteiger partial charge in [-0.1, -0.05) is 18.2 Å². The van der Waals surface area contributed by atoms with Gasteiger partial charge >= 0.3 is 0 Å². The van der Waals surface area contributed by atoms with E-state index in [1.54, 1.807) is 12.1 Å². The van der Waals surface area contributed by atoms with E-state index in [4.69, 9.17) is 4.74 Å². The van der Waals surface area contributed by atoms with Crippen LogP contribution >= 0.6 is 0 Å². The lowest BCUT2D eigenvalue weighted by atomic mass is 10.1. The Morgan fingerprint density at radius 3 is 2.79 bits per heavy atom. The lowest BCUT2D eigenvalue weighted by Crippen LogP contribution is -2.25. The number of fused-ring (bicyclic) bond motifs is 1. The monoisotopic (exact) mass is 255 g/mol. The number of para-hydroxylation sites is 1. The Morgan fingerprint density at radius 2 is 2.00 bits per heavy atom. The van der Waals surface area contributed by atoms with Crippen LogP contribution in [0.15, 0.2) is 42.5 Å². The Morgan fingerprint density at radius 1 is 1.21 bits per heavy atom. The molecule has 0 saturated carbocycles. The molecule has 1 aliphatic rings. The molecule has 0 aliphatic carbocycles. The number of anilines is 1. The molecular formula is C16H17NO2. The van der Waals surface area contributed by atoms with Gasteiger partial charge in [-0.15, -0.1) is 0 Å². The van der Waals surface area contributed by atoms with Gasteiger partial charge in [0.1, 0.15) is 18.1 Å². The summed E-state index contributed by atoms with van der Waals surface area (Å²) >= 11 is 0. The molecule has 2 aromatic carbocycles. The standard InChI is InChI=1S/C16H17NO2/c1-11-5-3-4-6-14(11)17(2)15-10-19-16-9-12(18)7-8-13(15)16/h3-9,15,18H,10H2,1-2H3. The van der Waals surface area contributed by atoms with E-state index < -0.39 is 0 Å². The third-order valence-electron chi connectivity index (χ3n) is 3.72. The minimum Gasteiger partial charge on any atom is -0.508 e. The van der Waals surface area contributed by atoms with Crippen molar-refractivity contribution in [3.05, 3.63) is 53.6 Å². The summed E-state index contributed by atoms with van der Waals surface area (Å²) in [6, 6.07) is 13.9. The topological polar surface area (TPSA) is 32.7 Å². The van der Waals surface area contributed by atoms with E-state index >= 15 is 0 Å². The highest BCUT2D eigenvalue weighted by Gasteiger charge is 2.28. The van der Waals surface area contributed by atoms with Crippen LogP contribution in [0, 0.1) is 6.92 Å². The fourth-order valence-electron chi connectivity index (χ4n) is 2.63. The quantitative estimate of drug-likeness (QED) is 0.894.